The molecule has 164 valence electrons. The van der Waals surface area contributed by atoms with Crippen LogP contribution in [0.3, 0.4) is 0 Å². The summed E-state index contributed by atoms with van der Waals surface area (Å²) < 4.78 is 1.78. The topological polar surface area (TPSA) is 96.3 Å². The number of benzene rings is 1. The van der Waals surface area contributed by atoms with E-state index in [2.05, 4.69) is 36.4 Å². The van der Waals surface area contributed by atoms with Gasteiger partial charge < -0.3 is 15.2 Å². The van der Waals surface area contributed by atoms with Crippen molar-refractivity contribution in [2.75, 3.05) is 11.9 Å². The number of nitrogens with zero attached hydrogens (tertiary/aromatic N) is 3. The van der Waals surface area contributed by atoms with Gasteiger partial charge in [-0.15, -0.1) is 0 Å². The normalized spacial score (nSPS) is 23.8. The average molecular weight is 424 g/mol. The van der Waals surface area contributed by atoms with E-state index >= 15 is 0 Å². The molecule has 0 atom stereocenters. The summed E-state index contributed by atoms with van der Waals surface area (Å²) in [5.41, 5.74) is 0.643. The third-order valence-electron chi connectivity index (χ3n) is 6.57. The van der Waals surface area contributed by atoms with E-state index in [0.717, 1.165) is 23.4 Å². The molecule has 2 aliphatic rings. The van der Waals surface area contributed by atoms with Crippen molar-refractivity contribution in [1.29, 1.82) is 0 Å². The molecular weight excluding hydrogens is 394 g/mol. The lowest BCUT2D eigenvalue weighted by atomic mass is 9.67. The molecule has 2 fully saturated rings. The summed E-state index contributed by atoms with van der Waals surface area (Å²) in [6.07, 6.45) is 8.06. The van der Waals surface area contributed by atoms with Gasteiger partial charge in [-0.05, 0) is 49.1 Å². The predicted octanol–water partition coefficient (Wildman–Crippen LogP) is 3.34. The molecule has 31 heavy (non-hydrogen) atoms. The van der Waals surface area contributed by atoms with Crippen LogP contribution < -0.4 is 10.6 Å². The van der Waals surface area contributed by atoms with Crippen LogP contribution in [0.4, 0.5) is 10.5 Å². The Labute approximate surface area is 182 Å². The number of hydrogen-bond donors (Lipinski definition) is 2. The standard InChI is InChI=1S/C23H29N5O3/c1-22(2,3)16-8-10-23(11-9-16)20(30)28(21(31)26-23)14-19(29)25-17-6-4-5-7-18(17)27-13-12-24-15-27/h4-7,12-13,15-16H,8-11,14H2,1-3H3,(H,25,29)(H,26,31). The number of nitrogens with one attached hydrogen (secondary N) is 2. The van der Waals surface area contributed by atoms with Crippen molar-refractivity contribution in [3.05, 3.63) is 43.0 Å². The van der Waals surface area contributed by atoms with Gasteiger partial charge in [0.2, 0.25) is 5.91 Å². The molecule has 1 aliphatic carbocycles. The van der Waals surface area contributed by atoms with Crippen molar-refractivity contribution in [2.45, 2.75) is 52.0 Å². The highest BCUT2D eigenvalue weighted by molar-refractivity contribution is 6.10. The smallest absolute Gasteiger partial charge is 0.323 e. The molecule has 8 heteroatoms. The van der Waals surface area contributed by atoms with Crippen molar-refractivity contribution in [3.8, 4) is 5.69 Å². The minimum Gasteiger partial charge on any atom is -0.323 e. The van der Waals surface area contributed by atoms with E-state index in [9.17, 15) is 14.4 Å². The highest BCUT2D eigenvalue weighted by Gasteiger charge is 2.53. The van der Waals surface area contributed by atoms with Gasteiger partial charge in [0.15, 0.2) is 0 Å². The minimum atomic E-state index is -0.867. The summed E-state index contributed by atoms with van der Waals surface area (Å²) in [5.74, 6) is -0.195. The SMILES string of the molecule is CC(C)(C)C1CCC2(CC1)NC(=O)N(CC(=O)Nc1ccccc1-n1ccnc1)C2=O. The average Bonchev–Trinajstić information content (AvgIpc) is 3.32. The van der Waals surface area contributed by atoms with Gasteiger partial charge in [0.05, 0.1) is 17.7 Å². The minimum absolute atomic E-state index is 0.176. The molecule has 8 nitrogen and oxygen atoms in total. The van der Waals surface area contributed by atoms with E-state index < -0.39 is 17.5 Å². The van der Waals surface area contributed by atoms with Gasteiger partial charge in [-0.2, -0.15) is 0 Å². The second kappa shape index (κ2) is 7.83. The van der Waals surface area contributed by atoms with E-state index in [1.165, 1.54) is 0 Å². The summed E-state index contributed by atoms with van der Waals surface area (Å²) in [5, 5.41) is 5.71. The van der Waals surface area contributed by atoms with E-state index in [0.29, 0.717) is 24.4 Å². The van der Waals surface area contributed by atoms with Crippen LogP contribution in [0.5, 0.6) is 0 Å². The zero-order valence-corrected chi connectivity index (χ0v) is 18.2. The Morgan fingerprint density at radius 2 is 1.94 bits per heavy atom. The molecule has 1 saturated heterocycles. The van der Waals surface area contributed by atoms with Crippen LogP contribution in [0.1, 0.15) is 46.5 Å². The molecule has 0 radical (unpaired) electrons. The molecule has 1 spiro atoms. The van der Waals surface area contributed by atoms with Crippen LogP contribution in [0.15, 0.2) is 43.0 Å². The lowest BCUT2D eigenvalue weighted by molar-refractivity contribution is -0.135. The van der Waals surface area contributed by atoms with Crippen molar-refractivity contribution in [1.82, 2.24) is 19.8 Å². The number of imide groups is 1. The monoisotopic (exact) mass is 423 g/mol. The fourth-order valence-corrected chi connectivity index (χ4v) is 4.67. The first-order chi connectivity index (χ1) is 14.7. The third-order valence-corrected chi connectivity index (χ3v) is 6.57. The molecule has 2 N–H and O–H groups in total. The Morgan fingerprint density at radius 3 is 2.58 bits per heavy atom. The van der Waals surface area contributed by atoms with Gasteiger partial charge in [0.25, 0.3) is 5.91 Å². The summed E-state index contributed by atoms with van der Waals surface area (Å²) in [6, 6.07) is 6.81. The highest BCUT2D eigenvalue weighted by atomic mass is 16.2. The number of carbonyl (C=O) groups is 3. The van der Waals surface area contributed by atoms with Crippen molar-refractivity contribution < 1.29 is 14.4 Å². The molecule has 1 aromatic heterocycles. The molecular formula is C23H29N5O3. The van der Waals surface area contributed by atoms with E-state index in [1.54, 1.807) is 29.4 Å². The van der Waals surface area contributed by atoms with Crippen LogP contribution in [0.2, 0.25) is 0 Å². The molecule has 2 heterocycles. The fraction of sp³-hybridized carbons (Fsp3) is 0.478. The third kappa shape index (κ3) is 4.06. The molecule has 0 unspecified atom stereocenters. The van der Waals surface area contributed by atoms with E-state index in [4.69, 9.17) is 0 Å². The predicted molar refractivity (Wildman–Crippen MR) is 117 cm³/mol. The maximum atomic E-state index is 13.1. The van der Waals surface area contributed by atoms with Gasteiger partial charge in [-0.25, -0.2) is 9.78 Å². The van der Waals surface area contributed by atoms with Crippen molar-refractivity contribution in [3.63, 3.8) is 0 Å². The summed E-state index contributed by atoms with van der Waals surface area (Å²) in [7, 11) is 0. The zero-order chi connectivity index (χ0) is 22.2. The Balaban J connectivity index is 1.43. The second-order valence-corrected chi connectivity index (χ2v) is 9.58. The second-order valence-electron chi connectivity index (χ2n) is 9.58. The van der Waals surface area contributed by atoms with Gasteiger partial charge in [-0.1, -0.05) is 32.9 Å². The Hall–Kier alpha value is -3.16. The number of hydrogen-bond acceptors (Lipinski definition) is 4. The molecule has 4 amide bonds. The lowest BCUT2D eigenvalue weighted by Gasteiger charge is -2.40. The lowest BCUT2D eigenvalue weighted by Crippen LogP contribution is -2.51. The van der Waals surface area contributed by atoms with E-state index in [1.807, 2.05) is 18.2 Å². The quantitative estimate of drug-likeness (QED) is 0.737. The fourth-order valence-electron chi connectivity index (χ4n) is 4.67. The Morgan fingerprint density at radius 1 is 1.23 bits per heavy atom. The largest absolute Gasteiger partial charge is 0.325 e. The first kappa shape index (κ1) is 21.1. The summed E-state index contributed by atoms with van der Waals surface area (Å²) >= 11 is 0. The van der Waals surface area contributed by atoms with Gasteiger partial charge in [0.1, 0.15) is 12.1 Å². The molecule has 1 aromatic carbocycles. The maximum Gasteiger partial charge on any atom is 0.325 e. The number of urea groups is 1. The number of anilines is 1. The zero-order valence-electron chi connectivity index (χ0n) is 18.2. The number of aromatic nitrogens is 2. The van der Waals surface area contributed by atoms with Gasteiger partial charge in [-0.3, -0.25) is 14.5 Å². The first-order valence-corrected chi connectivity index (χ1v) is 10.7. The molecule has 0 bridgehead atoms. The number of amides is 4. The molecule has 1 saturated carbocycles. The van der Waals surface area contributed by atoms with Gasteiger partial charge >= 0.3 is 6.03 Å². The number of para-hydroxylation sites is 2. The van der Waals surface area contributed by atoms with Crippen molar-refractivity contribution >= 4 is 23.5 Å². The number of imidazole rings is 1. The number of carbonyl (C=O) groups excluding carboxylic acids is 3. The Kier molecular flexibility index (Phi) is 5.33. The van der Waals surface area contributed by atoms with Crippen molar-refractivity contribution in [2.24, 2.45) is 11.3 Å². The van der Waals surface area contributed by atoms with Gasteiger partial charge in [0, 0.05) is 12.4 Å². The molecule has 1 aliphatic heterocycles. The van der Waals surface area contributed by atoms with Crippen LogP contribution in [0, 0.1) is 11.3 Å². The van der Waals surface area contributed by atoms with E-state index in [-0.39, 0.29) is 17.9 Å². The first-order valence-electron chi connectivity index (χ1n) is 10.7. The van der Waals surface area contributed by atoms with Crippen LogP contribution >= 0.6 is 0 Å². The molecule has 4 rings (SSSR count). The maximum absolute atomic E-state index is 13.1. The van der Waals surface area contributed by atoms with Crippen LogP contribution in [-0.4, -0.2) is 44.4 Å². The number of rotatable bonds is 4. The molecule has 2 aromatic rings. The summed E-state index contributed by atoms with van der Waals surface area (Å²) in [6.45, 7) is 6.32. The van der Waals surface area contributed by atoms with Crippen LogP contribution in [-0.2, 0) is 9.59 Å². The van der Waals surface area contributed by atoms with Crippen LogP contribution in [0.25, 0.3) is 5.69 Å². The highest BCUT2D eigenvalue weighted by Crippen LogP contribution is 2.43. The Bertz CT molecular complexity index is 985. The summed E-state index contributed by atoms with van der Waals surface area (Å²) in [4.78, 5) is 43.5.